The lowest BCUT2D eigenvalue weighted by molar-refractivity contribution is -0.139. The van der Waals surface area contributed by atoms with Crippen molar-refractivity contribution in [3.05, 3.63) is 84.5 Å². The number of rotatable bonds is 10. The minimum absolute atomic E-state index is 0.205. The highest BCUT2D eigenvalue weighted by Crippen LogP contribution is 2.36. The molecule has 0 saturated heterocycles. The first kappa shape index (κ1) is 28.2. The molecular formula is C30H34N2O6S. The Morgan fingerprint density at radius 1 is 1.08 bits per heavy atom. The monoisotopic (exact) mass is 550 g/mol. The summed E-state index contributed by atoms with van der Waals surface area (Å²) in [6, 6.07) is 12.3. The van der Waals surface area contributed by atoms with Gasteiger partial charge in [-0.05, 0) is 68.2 Å². The Hall–Kier alpha value is -3.85. The molecule has 8 nitrogen and oxygen atoms in total. The predicted molar refractivity (Wildman–Crippen MR) is 151 cm³/mol. The van der Waals surface area contributed by atoms with Crippen molar-refractivity contribution in [2.24, 2.45) is 10.9 Å². The Morgan fingerprint density at radius 3 is 2.46 bits per heavy atom. The fraction of sp³-hybridized carbons (Fsp3) is 0.367. The lowest BCUT2D eigenvalue weighted by Crippen LogP contribution is -2.40. The van der Waals surface area contributed by atoms with Gasteiger partial charge in [-0.2, -0.15) is 0 Å². The molecule has 0 fully saturated rings. The number of hydrogen-bond donors (Lipinski definition) is 0. The molecule has 1 aromatic heterocycles. The number of aromatic nitrogens is 1. The number of benzene rings is 2. The lowest BCUT2D eigenvalue weighted by atomic mass is 9.95. The van der Waals surface area contributed by atoms with Gasteiger partial charge < -0.3 is 18.9 Å². The van der Waals surface area contributed by atoms with E-state index >= 15 is 0 Å². The van der Waals surface area contributed by atoms with Crippen LogP contribution >= 0.6 is 11.3 Å². The number of methoxy groups -OCH3 is 1. The van der Waals surface area contributed by atoms with Gasteiger partial charge in [0.2, 0.25) is 0 Å². The van der Waals surface area contributed by atoms with Gasteiger partial charge >= 0.3 is 5.97 Å². The van der Waals surface area contributed by atoms with Crippen LogP contribution < -0.4 is 29.1 Å². The van der Waals surface area contributed by atoms with Crippen molar-refractivity contribution in [3.8, 4) is 17.2 Å². The van der Waals surface area contributed by atoms with Gasteiger partial charge in [0.15, 0.2) is 16.3 Å². The van der Waals surface area contributed by atoms with Crippen LogP contribution in [0, 0.1) is 5.92 Å². The maximum absolute atomic E-state index is 13.8. The molecule has 1 aliphatic heterocycles. The normalized spacial score (nSPS) is 15.2. The van der Waals surface area contributed by atoms with Crippen LogP contribution in [0.5, 0.6) is 17.2 Å². The zero-order valence-corrected chi connectivity index (χ0v) is 24.0. The zero-order valence-electron chi connectivity index (χ0n) is 23.1. The van der Waals surface area contributed by atoms with E-state index in [1.807, 2.05) is 43.3 Å². The average Bonchev–Trinajstić information content (AvgIpc) is 3.21. The van der Waals surface area contributed by atoms with E-state index < -0.39 is 12.0 Å². The molecule has 1 atom stereocenters. The van der Waals surface area contributed by atoms with E-state index in [0.29, 0.717) is 56.8 Å². The summed E-state index contributed by atoms with van der Waals surface area (Å²) in [4.78, 5) is 32.1. The molecule has 0 saturated carbocycles. The van der Waals surface area contributed by atoms with E-state index in [9.17, 15) is 9.59 Å². The molecule has 0 radical (unpaired) electrons. The first-order chi connectivity index (χ1) is 18.8. The second kappa shape index (κ2) is 12.3. The van der Waals surface area contributed by atoms with E-state index in [1.165, 1.54) is 11.3 Å². The molecule has 39 heavy (non-hydrogen) atoms. The number of allylic oxidation sites excluding steroid dienone is 1. The van der Waals surface area contributed by atoms with Gasteiger partial charge in [0.1, 0.15) is 5.75 Å². The third-order valence-corrected chi connectivity index (χ3v) is 7.06. The first-order valence-corrected chi connectivity index (χ1v) is 13.8. The summed E-state index contributed by atoms with van der Waals surface area (Å²) in [6.07, 6.45) is 1.83. The van der Waals surface area contributed by atoms with Crippen LogP contribution in [0.2, 0.25) is 0 Å². The quantitative estimate of drug-likeness (QED) is 0.351. The maximum atomic E-state index is 13.8. The Morgan fingerprint density at radius 2 is 1.82 bits per heavy atom. The minimum Gasteiger partial charge on any atom is -0.493 e. The molecule has 4 rings (SSSR count). The van der Waals surface area contributed by atoms with Crippen molar-refractivity contribution in [2.75, 3.05) is 26.9 Å². The molecule has 0 bridgehead atoms. The average molecular weight is 551 g/mol. The molecule has 2 aromatic carbocycles. The highest BCUT2D eigenvalue weighted by atomic mass is 32.1. The van der Waals surface area contributed by atoms with Crippen LogP contribution in [0.1, 0.15) is 51.8 Å². The fourth-order valence-corrected chi connectivity index (χ4v) is 5.36. The summed E-state index contributed by atoms with van der Waals surface area (Å²) in [6.45, 7) is 10.9. The zero-order chi connectivity index (χ0) is 28.1. The summed E-state index contributed by atoms with van der Waals surface area (Å²) >= 11 is 1.28. The summed E-state index contributed by atoms with van der Waals surface area (Å²) in [7, 11) is 1.57. The molecular weight excluding hydrogens is 516 g/mol. The summed E-state index contributed by atoms with van der Waals surface area (Å²) < 4.78 is 24.5. The van der Waals surface area contributed by atoms with Gasteiger partial charge in [0, 0.05) is 0 Å². The smallest absolute Gasteiger partial charge is 0.338 e. The van der Waals surface area contributed by atoms with Gasteiger partial charge in [-0.25, -0.2) is 9.79 Å². The minimum atomic E-state index is -0.737. The first-order valence-electron chi connectivity index (χ1n) is 13.0. The van der Waals surface area contributed by atoms with Crippen LogP contribution in [0.4, 0.5) is 0 Å². The van der Waals surface area contributed by atoms with Gasteiger partial charge in [-0.15, -0.1) is 0 Å². The largest absolute Gasteiger partial charge is 0.493 e. The van der Waals surface area contributed by atoms with Crippen LogP contribution in [0.3, 0.4) is 0 Å². The number of ether oxygens (including phenoxy) is 4. The molecule has 0 aliphatic carbocycles. The molecule has 0 spiro atoms. The van der Waals surface area contributed by atoms with Gasteiger partial charge in [0.05, 0.1) is 48.8 Å². The molecule has 0 amide bonds. The van der Waals surface area contributed by atoms with Crippen molar-refractivity contribution in [1.82, 2.24) is 4.57 Å². The van der Waals surface area contributed by atoms with E-state index in [2.05, 4.69) is 18.8 Å². The molecule has 0 unspecified atom stereocenters. The van der Waals surface area contributed by atoms with Crippen molar-refractivity contribution in [1.29, 1.82) is 0 Å². The Kier molecular flexibility index (Phi) is 8.91. The highest BCUT2D eigenvalue weighted by molar-refractivity contribution is 7.07. The van der Waals surface area contributed by atoms with E-state index in [-0.39, 0.29) is 12.2 Å². The summed E-state index contributed by atoms with van der Waals surface area (Å²) in [5, 5.41) is 0. The number of carbonyl (C=O) groups is 1. The number of nitrogens with zero attached hydrogens (tertiary/aromatic N) is 2. The molecule has 1 aliphatic rings. The molecule has 3 aromatic rings. The summed E-state index contributed by atoms with van der Waals surface area (Å²) in [5.74, 6) is 1.78. The van der Waals surface area contributed by atoms with Crippen molar-refractivity contribution < 1.29 is 23.7 Å². The predicted octanol–water partition coefficient (Wildman–Crippen LogP) is 4.24. The number of hydrogen-bond acceptors (Lipinski definition) is 8. The SMILES string of the molecule is CCOC(=O)C1=C(C)N=c2s/c(=C/c3ccc(OCC(C)C)cc3)c(=O)n2[C@@H]1c1ccc(OC)c(OCC)c1. The number of esters is 1. The van der Waals surface area contributed by atoms with Crippen LogP contribution in [0.15, 0.2) is 63.5 Å². The molecule has 206 valence electrons. The molecule has 0 N–H and O–H groups in total. The van der Waals surface area contributed by atoms with Crippen LogP contribution in [-0.2, 0) is 9.53 Å². The highest BCUT2D eigenvalue weighted by Gasteiger charge is 2.34. The number of carbonyl (C=O) groups excluding carboxylic acids is 1. The third-order valence-electron chi connectivity index (χ3n) is 6.08. The van der Waals surface area contributed by atoms with Crippen LogP contribution in [0.25, 0.3) is 6.08 Å². The second-order valence-corrected chi connectivity index (χ2v) is 10.4. The van der Waals surface area contributed by atoms with Crippen molar-refractivity contribution >= 4 is 23.4 Å². The van der Waals surface area contributed by atoms with Gasteiger partial charge in [-0.3, -0.25) is 9.36 Å². The Bertz CT molecular complexity index is 1550. The Labute approximate surface area is 231 Å². The maximum Gasteiger partial charge on any atom is 0.338 e. The van der Waals surface area contributed by atoms with E-state index in [1.54, 1.807) is 37.7 Å². The van der Waals surface area contributed by atoms with Crippen molar-refractivity contribution in [2.45, 2.75) is 40.7 Å². The van der Waals surface area contributed by atoms with Gasteiger partial charge in [0.25, 0.3) is 5.56 Å². The van der Waals surface area contributed by atoms with Crippen LogP contribution in [-0.4, -0.2) is 37.5 Å². The molecule has 2 heterocycles. The standard InChI is InChI=1S/C30H34N2O6S/c1-7-36-24-16-21(11-14-23(24)35-6)27-26(29(34)37-8-2)19(5)31-30-32(27)28(33)25(39-30)15-20-9-12-22(13-10-20)38-17-18(3)4/h9-16,18,27H,7-8,17H2,1-6H3/b25-15+/t27-/m1/s1. The van der Waals surface area contributed by atoms with E-state index in [0.717, 1.165) is 11.3 Å². The van der Waals surface area contributed by atoms with Gasteiger partial charge in [-0.1, -0.05) is 43.4 Å². The topological polar surface area (TPSA) is 88.4 Å². The summed E-state index contributed by atoms with van der Waals surface area (Å²) in [5.41, 5.74) is 2.13. The number of fused-ring (bicyclic) bond motifs is 1. The second-order valence-electron chi connectivity index (χ2n) is 9.42. The van der Waals surface area contributed by atoms with E-state index in [4.69, 9.17) is 18.9 Å². The van der Waals surface area contributed by atoms with Crippen molar-refractivity contribution in [3.63, 3.8) is 0 Å². The molecule has 9 heteroatoms. The Balaban J connectivity index is 1.84. The number of thiazole rings is 1. The fourth-order valence-electron chi connectivity index (χ4n) is 4.31. The lowest BCUT2D eigenvalue weighted by Gasteiger charge is -2.25. The third kappa shape index (κ3) is 6.09.